The van der Waals surface area contributed by atoms with E-state index in [9.17, 15) is 8.42 Å². The maximum absolute atomic E-state index is 13.4. The molecule has 24 heavy (non-hydrogen) atoms. The minimum atomic E-state index is -3.70. The smallest absolute Gasteiger partial charge is 0.264 e. The van der Waals surface area contributed by atoms with Gasteiger partial charge >= 0.3 is 0 Å². The van der Waals surface area contributed by atoms with Crippen LogP contribution in [0.25, 0.3) is 10.9 Å². The zero-order valence-electron chi connectivity index (χ0n) is 14.0. The standard InChI is InChI=1S/C19H20N2O2S/c1-14(2)21(16-8-5-4-6-9-16)24(22,23)18-12-11-15(3)19-17(18)10-7-13-20-19/h4-14H,1-3H3. The van der Waals surface area contributed by atoms with Gasteiger partial charge in [0.05, 0.1) is 16.1 Å². The second-order valence-corrected chi connectivity index (χ2v) is 7.79. The first kappa shape index (κ1) is 16.5. The quantitative estimate of drug-likeness (QED) is 0.717. The Hall–Kier alpha value is -2.40. The largest absolute Gasteiger partial charge is 0.265 e. The van der Waals surface area contributed by atoms with Crippen LogP contribution in [0.5, 0.6) is 0 Å². The zero-order chi connectivity index (χ0) is 17.3. The molecule has 3 aromatic rings. The summed E-state index contributed by atoms with van der Waals surface area (Å²) in [6.07, 6.45) is 1.68. The summed E-state index contributed by atoms with van der Waals surface area (Å²) in [6.45, 7) is 5.68. The third-order valence-electron chi connectivity index (χ3n) is 3.95. The molecule has 0 amide bonds. The zero-order valence-corrected chi connectivity index (χ0v) is 14.8. The molecule has 124 valence electrons. The molecule has 0 N–H and O–H groups in total. The van der Waals surface area contributed by atoms with E-state index in [1.165, 1.54) is 4.31 Å². The highest BCUT2D eigenvalue weighted by Gasteiger charge is 2.29. The summed E-state index contributed by atoms with van der Waals surface area (Å²) in [5.74, 6) is 0. The first-order chi connectivity index (χ1) is 11.4. The van der Waals surface area contributed by atoms with E-state index in [0.29, 0.717) is 11.1 Å². The fourth-order valence-corrected chi connectivity index (χ4v) is 4.76. The molecule has 1 heterocycles. The van der Waals surface area contributed by atoms with E-state index in [2.05, 4.69) is 4.98 Å². The van der Waals surface area contributed by atoms with Crippen molar-refractivity contribution in [1.82, 2.24) is 4.98 Å². The lowest BCUT2D eigenvalue weighted by Gasteiger charge is -2.28. The summed E-state index contributed by atoms with van der Waals surface area (Å²) in [5, 5.41) is 0.652. The van der Waals surface area contributed by atoms with Gasteiger partial charge in [-0.25, -0.2) is 8.42 Å². The SMILES string of the molecule is Cc1ccc(S(=O)(=O)N(c2ccccc2)C(C)C)c2cccnc12. The molecule has 0 fully saturated rings. The number of anilines is 1. The highest BCUT2D eigenvalue weighted by atomic mass is 32.2. The predicted molar refractivity (Wildman–Crippen MR) is 97.7 cm³/mol. The number of benzene rings is 2. The van der Waals surface area contributed by atoms with E-state index in [4.69, 9.17) is 0 Å². The number of rotatable bonds is 4. The van der Waals surface area contributed by atoms with Gasteiger partial charge in [0.15, 0.2) is 0 Å². The van der Waals surface area contributed by atoms with Crippen molar-refractivity contribution in [2.45, 2.75) is 31.7 Å². The van der Waals surface area contributed by atoms with E-state index in [1.54, 1.807) is 18.3 Å². The third kappa shape index (κ3) is 2.76. The number of nitrogens with zero attached hydrogens (tertiary/aromatic N) is 2. The van der Waals surface area contributed by atoms with Gasteiger partial charge in [-0.2, -0.15) is 0 Å². The molecule has 0 bridgehead atoms. The van der Waals surface area contributed by atoms with Gasteiger partial charge < -0.3 is 0 Å². The molecule has 0 aliphatic carbocycles. The first-order valence-electron chi connectivity index (χ1n) is 7.87. The third-order valence-corrected chi connectivity index (χ3v) is 6.01. The van der Waals surface area contributed by atoms with Gasteiger partial charge in [-0.3, -0.25) is 9.29 Å². The molecule has 0 saturated heterocycles. The average Bonchev–Trinajstić information content (AvgIpc) is 2.55. The number of hydrogen-bond donors (Lipinski definition) is 0. The Morgan fingerprint density at radius 2 is 1.67 bits per heavy atom. The second kappa shape index (κ2) is 6.24. The highest BCUT2D eigenvalue weighted by molar-refractivity contribution is 7.93. The number of sulfonamides is 1. The number of pyridine rings is 1. The molecule has 0 atom stereocenters. The molecule has 0 aliphatic rings. The summed E-state index contributed by atoms with van der Waals surface area (Å²) >= 11 is 0. The van der Waals surface area contributed by atoms with Crippen LogP contribution < -0.4 is 4.31 Å². The Morgan fingerprint density at radius 3 is 2.33 bits per heavy atom. The summed E-state index contributed by atoms with van der Waals surface area (Å²) in [6, 6.07) is 16.0. The fraction of sp³-hybridized carbons (Fsp3) is 0.211. The first-order valence-corrected chi connectivity index (χ1v) is 9.31. The molecule has 4 nitrogen and oxygen atoms in total. The van der Waals surface area contributed by atoms with Crippen molar-refractivity contribution >= 4 is 26.6 Å². The summed E-state index contributed by atoms with van der Waals surface area (Å²) < 4.78 is 28.3. The van der Waals surface area contributed by atoms with Gasteiger partial charge in [-0.15, -0.1) is 0 Å². The fourth-order valence-electron chi connectivity index (χ4n) is 2.91. The molecule has 5 heteroatoms. The van der Waals surface area contributed by atoms with Crippen LogP contribution in [0.2, 0.25) is 0 Å². The van der Waals surface area contributed by atoms with E-state index in [1.807, 2.05) is 63.2 Å². The average molecular weight is 340 g/mol. The molecule has 0 radical (unpaired) electrons. The van der Waals surface area contributed by atoms with Gasteiger partial charge in [0.25, 0.3) is 10.0 Å². The van der Waals surface area contributed by atoms with Gasteiger partial charge in [0, 0.05) is 17.6 Å². The Labute approximate surface area is 142 Å². The maximum atomic E-state index is 13.4. The Morgan fingerprint density at radius 1 is 0.958 bits per heavy atom. The molecular formula is C19H20N2O2S. The van der Waals surface area contributed by atoms with Crippen molar-refractivity contribution in [2.24, 2.45) is 0 Å². The maximum Gasteiger partial charge on any atom is 0.265 e. The van der Waals surface area contributed by atoms with E-state index in [-0.39, 0.29) is 10.9 Å². The van der Waals surface area contributed by atoms with Crippen LogP contribution in [0.3, 0.4) is 0 Å². The van der Waals surface area contributed by atoms with Crippen LogP contribution in [0.1, 0.15) is 19.4 Å². The van der Waals surface area contributed by atoms with Crippen molar-refractivity contribution in [2.75, 3.05) is 4.31 Å². The van der Waals surface area contributed by atoms with Crippen LogP contribution in [0.4, 0.5) is 5.69 Å². The van der Waals surface area contributed by atoms with E-state index < -0.39 is 10.0 Å². The Bertz CT molecular complexity index is 967. The van der Waals surface area contributed by atoms with Gasteiger partial charge in [0.2, 0.25) is 0 Å². The van der Waals surface area contributed by atoms with Gasteiger partial charge in [0.1, 0.15) is 0 Å². The molecule has 0 saturated carbocycles. The van der Waals surface area contributed by atoms with E-state index in [0.717, 1.165) is 11.1 Å². The molecule has 0 spiro atoms. The van der Waals surface area contributed by atoms with Gasteiger partial charge in [-0.1, -0.05) is 24.3 Å². The molecule has 0 unspecified atom stereocenters. The Kier molecular flexibility index (Phi) is 4.28. The van der Waals surface area contributed by atoms with Crippen LogP contribution in [-0.2, 0) is 10.0 Å². The molecule has 3 rings (SSSR count). The van der Waals surface area contributed by atoms with Crippen molar-refractivity contribution in [1.29, 1.82) is 0 Å². The Balaban J connectivity index is 2.26. The van der Waals surface area contributed by atoms with Crippen LogP contribution in [0.15, 0.2) is 65.7 Å². The summed E-state index contributed by atoms with van der Waals surface area (Å²) in [5.41, 5.74) is 2.33. The topological polar surface area (TPSA) is 50.3 Å². The van der Waals surface area contributed by atoms with Gasteiger partial charge in [-0.05, 0) is 56.7 Å². The molecule has 1 aromatic heterocycles. The lowest BCUT2D eigenvalue weighted by atomic mass is 10.1. The van der Waals surface area contributed by atoms with Crippen molar-refractivity contribution in [3.05, 3.63) is 66.4 Å². The van der Waals surface area contributed by atoms with Crippen molar-refractivity contribution in [3.8, 4) is 0 Å². The van der Waals surface area contributed by atoms with Crippen LogP contribution >= 0.6 is 0 Å². The monoisotopic (exact) mass is 340 g/mol. The number of hydrogen-bond acceptors (Lipinski definition) is 3. The van der Waals surface area contributed by atoms with Crippen LogP contribution in [0, 0.1) is 6.92 Å². The van der Waals surface area contributed by atoms with Crippen molar-refractivity contribution < 1.29 is 8.42 Å². The number of fused-ring (bicyclic) bond motifs is 1. The minimum absolute atomic E-state index is 0.203. The predicted octanol–water partition coefficient (Wildman–Crippen LogP) is 4.15. The molecule has 2 aromatic carbocycles. The number of aromatic nitrogens is 1. The normalized spacial score (nSPS) is 11.8. The number of aryl methyl sites for hydroxylation is 1. The molecule has 0 aliphatic heterocycles. The summed E-state index contributed by atoms with van der Waals surface area (Å²) in [4.78, 5) is 4.63. The lowest BCUT2D eigenvalue weighted by molar-refractivity contribution is 0.585. The molecular weight excluding hydrogens is 320 g/mol. The minimum Gasteiger partial charge on any atom is -0.264 e. The number of para-hydroxylation sites is 1. The summed E-state index contributed by atoms with van der Waals surface area (Å²) in [7, 11) is -3.70. The van der Waals surface area contributed by atoms with Crippen molar-refractivity contribution in [3.63, 3.8) is 0 Å². The lowest BCUT2D eigenvalue weighted by Crippen LogP contribution is -2.37. The van der Waals surface area contributed by atoms with E-state index >= 15 is 0 Å². The van der Waals surface area contributed by atoms with Crippen LogP contribution in [-0.4, -0.2) is 19.4 Å². The highest BCUT2D eigenvalue weighted by Crippen LogP contribution is 2.31. The second-order valence-electron chi connectivity index (χ2n) is 6.01.